The summed E-state index contributed by atoms with van der Waals surface area (Å²) in [5.41, 5.74) is -1.50. The first-order valence-electron chi connectivity index (χ1n) is 6.10. The molecule has 0 saturated heterocycles. The standard InChI is InChI=1S/C13H23NO2/c1-11-4-6-13(10-14,7-5-11)12(2,15)8-9-16-3/h11,15H,4-9H2,1-3H3. The van der Waals surface area contributed by atoms with Gasteiger partial charge in [0.2, 0.25) is 0 Å². The lowest BCUT2D eigenvalue weighted by Crippen LogP contribution is -2.47. The maximum Gasteiger partial charge on any atom is 0.0858 e. The number of hydrogen-bond donors (Lipinski definition) is 1. The van der Waals surface area contributed by atoms with Crippen LogP contribution in [-0.4, -0.2) is 24.4 Å². The zero-order chi connectivity index (χ0) is 12.2. The largest absolute Gasteiger partial charge is 0.388 e. The fourth-order valence-electron chi connectivity index (χ4n) is 2.57. The number of nitrogens with zero attached hydrogens (tertiary/aromatic N) is 1. The average Bonchev–Trinajstić information content (AvgIpc) is 2.27. The minimum Gasteiger partial charge on any atom is -0.388 e. The first-order valence-corrected chi connectivity index (χ1v) is 6.10. The Hall–Kier alpha value is -0.590. The molecule has 1 atom stereocenters. The Morgan fingerprint density at radius 3 is 2.50 bits per heavy atom. The molecule has 92 valence electrons. The summed E-state index contributed by atoms with van der Waals surface area (Å²) in [7, 11) is 1.62. The predicted molar refractivity (Wildman–Crippen MR) is 62.8 cm³/mol. The quantitative estimate of drug-likeness (QED) is 0.799. The van der Waals surface area contributed by atoms with Crippen LogP contribution < -0.4 is 0 Å². The average molecular weight is 225 g/mol. The normalized spacial score (nSPS) is 34.1. The Labute approximate surface area is 98.4 Å². The van der Waals surface area contributed by atoms with E-state index in [1.807, 2.05) is 0 Å². The molecule has 3 heteroatoms. The lowest BCUT2D eigenvalue weighted by Gasteiger charge is -2.44. The number of methoxy groups -OCH3 is 1. The lowest BCUT2D eigenvalue weighted by atomic mass is 9.62. The molecule has 1 rings (SSSR count). The number of rotatable bonds is 4. The molecule has 0 bridgehead atoms. The van der Waals surface area contributed by atoms with Gasteiger partial charge in [0.1, 0.15) is 0 Å². The van der Waals surface area contributed by atoms with Crippen molar-refractivity contribution in [1.29, 1.82) is 5.26 Å². The molecule has 1 unspecified atom stereocenters. The lowest BCUT2D eigenvalue weighted by molar-refractivity contribution is -0.0792. The molecule has 16 heavy (non-hydrogen) atoms. The second-order valence-electron chi connectivity index (χ2n) is 5.39. The highest BCUT2D eigenvalue weighted by molar-refractivity contribution is 5.11. The van der Waals surface area contributed by atoms with E-state index in [1.165, 1.54) is 0 Å². The molecular weight excluding hydrogens is 202 g/mol. The number of ether oxygens (including phenoxy) is 1. The van der Waals surface area contributed by atoms with E-state index in [9.17, 15) is 10.4 Å². The van der Waals surface area contributed by atoms with Crippen molar-refractivity contribution in [3.05, 3.63) is 0 Å². The van der Waals surface area contributed by atoms with Crippen molar-refractivity contribution in [1.82, 2.24) is 0 Å². The van der Waals surface area contributed by atoms with Gasteiger partial charge in [0.25, 0.3) is 0 Å². The Bertz CT molecular complexity index is 260. The predicted octanol–water partition coefficient (Wildman–Crippen LogP) is 2.49. The fourth-order valence-corrected chi connectivity index (χ4v) is 2.57. The van der Waals surface area contributed by atoms with Crippen molar-refractivity contribution in [3.8, 4) is 6.07 Å². The summed E-state index contributed by atoms with van der Waals surface area (Å²) in [6, 6.07) is 2.38. The molecule has 1 aliphatic carbocycles. The van der Waals surface area contributed by atoms with E-state index in [1.54, 1.807) is 14.0 Å². The molecule has 0 spiro atoms. The Balaban J connectivity index is 2.76. The van der Waals surface area contributed by atoms with Crippen molar-refractivity contribution in [2.75, 3.05) is 13.7 Å². The van der Waals surface area contributed by atoms with Crippen LogP contribution in [0.1, 0.15) is 46.0 Å². The highest BCUT2D eigenvalue weighted by Gasteiger charge is 2.48. The summed E-state index contributed by atoms with van der Waals surface area (Å²) in [4.78, 5) is 0. The first kappa shape index (κ1) is 13.5. The van der Waals surface area contributed by atoms with E-state index in [0.29, 0.717) is 18.9 Å². The van der Waals surface area contributed by atoms with Crippen molar-refractivity contribution in [2.24, 2.45) is 11.3 Å². The van der Waals surface area contributed by atoms with Crippen LogP contribution in [0.2, 0.25) is 0 Å². The molecule has 0 amide bonds. The zero-order valence-electron chi connectivity index (χ0n) is 10.6. The smallest absolute Gasteiger partial charge is 0.0858 e. The van der Waals surface area contributed by atoms with E-state index in [0.717, 1.165) is 25.7 Å². The molecule has 0 aromatic carbocycles. The van der Waals surface area contributed by atoms with Crippen LogP contribution in [0.3, 0.4) is 0 Å². The molecular formula is C13H23NO2. The van der Waals surface area contributed by atoms with Crippen LogP contribution in [-0.2, 0) is 4.74 Å². The van der Waals surface area contributed by atoms with Crippen LogP contribution in [0.5, 0.6) is 0 Å². The number of aliphatic hydroxyl groups is 1. The van der Waals surface area contributed by atoms with Gasteiger partial charge in [-0.15, -0.1) is 0 Å². The molecule has 0 aromatic heterocycles. The number of hydrogen-bond acceptors (Lipinski definition) is 3. The molecule has 1 aliphatic rings. The van der Waals surface area contributed by atoms with Gasteiger partial charge < -0.3 is 9.84 Å². The Morgan fingerprint density at radius 1 is 1.50 bits per heavy atom. The van der Waals surface area contributed by atoms with E-state index in [-0.39, 0.29) is 0 Å². The summed E-state index contributed by atoms with van der Waals surface area (Å²) in [6.07, 6.45) is 4.22. The van der Waals surface area contributed by atoms with Gasteiger partial charge in [0.05, 0.1) is 17.1 Å². The Morgan fingerprint density at radius 2 is 2.06 bits per heavy atom. The molecule has 3 nitrogen and oxygen atoms in total. The summed E-state index contributed by atoms with van der Waals surface area (Å²) in [5.74, 6) is 0.680. The number of nitriles is 1. The molecule has 1 fully saturated rings. The van der Waals surface area contributed by atoms with Gasteiger partial charge in [-0.2, -0.15) is 5.26 Å². The van der Waals surface area contributed by atoms with Crippen LogP contribution in [0.25, 0.3) is 0 Å². The van der Waals surface area contributed by atoms with E-state index >= 15 is 0 Å². The summed E-state index contributed by atoms with van der Waals surface area (Å²) in [6.45, 7) is 4.50. The molecule has 1 saturated carbocycles. The highest BCUT2D eigenvalue weighted by atomic mass is 16.5. The zero-order valence-corrected chi connectivity index (χ0v) is 10.6. The second-order valence-corrected chi connectivity index (χ2v) is 5.39. The van der Waals surface area contributed by atoms with Crippen LogP contribution >= 0.6 is 0 Å². The van der Waals surface area contributed by atoms with Crippen molar-refractivity contribution >= 4 is 0 Å². The van der Waals surface area contributed by atoms with Crippen molar-refractivity contribution in [3.63, 3.8) is 0 Å². The van der Waals surface area contributed by atoms with Gasteiger partial charge in [0.15, 0.2) is 0 Å². The summed E-state index contributed by atoms with van der Waals surface area (Å²) in [5, 5.41) is 19.9. The third kappa shape index (κ3) is 2.56. The van der Waals surface area contributed by atoms with Gasteiger partial charge in [-0.1, -0.05) is 6.92 Å². The first-order chi connectivity index (χ1) is 7.47. The maximum atomic E-state index is 10.5. The summed E-state index contributed by atoms with van der Waals surface area (Å²) < 4.78 is 5.01. The minimum absolute atomic E-state index is 0.506. The van der Waals surface area contributed by atoms with Gasteiger partial charge in [-0.25, -0.2) is 0 Å². The highest BCUT2D eigenvalue weighted by Crippen LogP contribution is 2.47. The van der Waals surface area contributed by atoms with Crippen molar-refractivity contribution < 1.29 is 9.84 Å². The molecule has 1 N–H and O–H groups in total. The van der Waals surface area contributed by atoms with Gasteiger partial charge >= 0.3 is 0 Å². The van der Waals surface area contributed by atoms with E-state index in [4.69, 9.17) is 4.74 Å². The molecule has 0 aromatic rings. The molecule has 0 heterocycles. The molecule has 0 aliphatic heterocycles. The van der Waals surface area contributed by atoms with E-state index in [2.05, 4.69) is 13.0 Å². The monoisotopic (exact) mass is 225 g/mol. The third-order valence-electron chi connectivity index (χ3n) is 4.17. The van der Waals surface area contributed by atoms with Gasteiger partial charge in [-0.3, -0.25) is 0 Å². The van der Waals surface area contributed by atoms with Crippen LogP contribution in [0.15, 0.2) is 0 Å². The fraction of sp³-hybridized carbons (Fsp3) is 0.923. The third-order valence-corrected chi connectivity index (χ3v) is 4.17. The van der Waals surface area contributed by atoms with Gasteiger partial charge in [0, 0.05) is 20.1 Å². The van der Waals surface area contributed by atoms with E-state index < -0.39 is 11.0 Å². The topological polar surface area (TPSA) is 53.2 Å². The Kier molecular flexibility index (Phi) is 4.35. The SMILES string of the molecule is COCCC(C)(O)C1(C#N)CCC(C)CC1. The molecule has 0 radical (unpaired) electrons. The van der Waals surface area contributed by atoms with Crippen LogP contribution in [0.4, 0.5) is 0 Å². The summed E-state index contributed by atoms with van der Waals surface area (Å²) >= 11 is 0. The van der Waals surface area contributed by atoms with Crippen LogP contribution in [0, 0.1) is 22.7 Å². The van der Waals surface area contributed by atoms with Gasteiger partial charge in [-0.05, 0) is 38.5 Å². The van der Waals surface area contributed by atoms with Crippen molar-refractivity contribution in [2.45, 2.75) is 51.6 Å². The minimum atomic E-state index is -0.933. The maximum absolute atomic E-state index is 10.5. The second kappa shape index (κ2) is 5.16.